The third kappa shape index (κ3) is 4.71. The lowest BCUT2D eigenvalue weighted by molar-refractivity contribution is 0.0970. The number of piperidine rings is 1. The van der Waals surface area contributed by atoms with Crippen LogP contribution in [0.3, 0.4) is 0 Å². The summed E-state index contributed by atoms with van der Waals surface area (Å²) in [5, 5.41) is 0. The van der Waals surface area contributed by atoms with Crippen LogP contribution in [0.2, 0.25) is 0 Å². The summed E-state index contributed by atoms with van der Waals surface area (Å²) in [7, 11) is -1.43. The van der Waals surface area contributed by atoms with Crippen LogP contribution in [-0.2, 0) is 16.4 Å². The van der Waals surface area contributed by atoms with E-state index in [2.05, 4.69) is 36.9 Å². The average Bonchev–Trinajstić information content (AvgIpc) is 2.57. The van der Waals surface area contributed by atoms with E-state index in [9.17, 15) is 8.42 Å². The number of nitrogens with zero attached hydrogens (tertiary/aromatic N) is 2. The van der Waals surface area contributed by atoms with Crippen LogP contribution in [0.15, 0.2) is 18.2 Å². The van der Waals surface area contributed by atoms with Crippen molar-refractivity contribution in [3.05, 3.63) is 29.3 Å². The second-order valence-electron chi connectivity index (χ2n) is 7.82. The van der Waals surface area contributed by atoms with Gasteiger partial charge in [0.05, 0.1) is 12.9 Å². The molecule has 148 valence electrons. The van der Waals surface area contributed by atoms with Crippen LogP contribution in [0.25, 0.3) is 0 Å². The monoisotopic (exact) mass is 402 g/mol. The van der Waals surface area contributed by atoms with Crippen LogP contribution < -0.4 is 4.74 Å². The summed E-state index contributed by atoms with van der Waals surface area (Å²) in [6.07, 6.45) is 4.11. The van der Waals surface area contributed by atoms with Gasteiger partial charge < -0.3 is 4.74 Å². The van der Waals surface area contributed by atoms with Crippen molar-refractivity contribution >= 4 is 22.4 Å². The highest BCUT2D eigenvalue weighted by atomic mass is 35.5. The van der Waals surface area contributed by atoms with Gasteiger partial charge in [0.2, 0.25) is 10.0 Å². The highest BCUT2D eigenvalue weighted by molar-refractivity contribution is 7.88. The predicted molar refractivity (Wildman–Crippen MR) is 108 cm³/mol. The largest absolute Gasteiger partial charge is 0.493 e. The molecular formula is C19H31ClN2O3S. The maximum absolute atomic E-state index is 11.9. The Kier molecular flexibility index (Phi) is 6.99. The van der Waals surface area contributed by atoms with Crippen LogP contribution in [0, 0.1) is 5.92 Å². The first-order valence-electron chi connectivity index (χ1n) is 9.18. The molecule has 0 amide bonds. The third-order valence-electron chi connectivity index (χ3n) is 5.45. The Morgan fingerprint density at radius 1 is 1.31 bits per heavy atom. The molecular weight excluding hydrogens is 372 g/mol. The first kappa shape index (κ1) is 21.5. The summed E-state index contributed by atoms with van der Waals surface area (Å²) in [4.78, 5) is 2.50. The van der Waals surface area contributed by atoms with Gasteiger partial charge in [0.15, 0.2) is 0 Å². The van der Waals surface area contributed by atoms with Crippen molar-refractivity contribution in [3.63, 3.8) is 0 Å². The number of ether oxygens (including phenoxy) is 1. The molecule has 1 saturated heterocycles. The van der Waals surface area contributed by atoms with E-state index in [-0.39, 0.29) is 18.4 Å². The van der Waals surface area contributed by atoms with E-state index in [0.29, 0.717) is 12.0 Å². The van der Waals surface area contributed by atoms with E-state index >= 15 is 0 Å². The molecule has 1 fully saturated rings. The number of halogens is 1. The summed E-state index contributed by atoms with van der Waals surface area (Å²) in [5.74, 6) is 1.46. The van der Waals surface area contributed by atoms with Gasteiger partial charge in [-0.3, -0.25) is 4.90 Å². The third-order valence-corrected chi connectivity index (χ3v) is 6.79. The van der Waals surface area contributed by atoms with Gasteiger partial charge >= 0.3 is 0 Å². The van der Waals surface area contributed by atoms with E-state index < -0.39 is 10.0 Å². The minimum absolute atomic E-state index is 0. The molecule has 3 rings (SSSR count). The van der Waals surface area contributed by atoms with Gasteiger partial charge in [-0.15, -0.1) is 12.4 Å². The molecule has 5 nitrogen and oxygen atoms in total. The second-order valence-corrected chi connectivity index (χ2v) is 9.87. The molecule has 0 aliphatic carbocycles. The fraction of sp³-hybridized carbons (Fsp3) is 0.684. The van der Waals surface area contributed by atoms with Gasteiger partial charge in [0, 0.05) is 32.2 Å². The molecule has 2 unspecified atom stereocenters. The Morgan fingerprint density at radius 2 is 2.04 bits per heavy atom. The molecule has 2 atom stereocenters. The summed E-state index contributed by atoms with van der Waals surface area (Å²) in [6, 6.07) is 6.82. The first-order chi connectivity index (χ1) is 11.8. The van der Waals surface area contributed by atoms with Gasteiger partial charge in [0.1, 0.15) is 5.75 Å². The van der Waals surface area contributed by atoms with Crippen molar-refractivity contribution in [2.24, 2.45) is 5.92 Å². The molecule has 2 aliphatic rings. The van der Waals surface area contributed by atoms with Gasteiger partial charge in [-0.25, -0.2) is 12.7 Å². The average molecular weight is 403 g/mol. The van der Waals surface area contributed by atoms with Gasteiger partial charge in [-0.1, -0.05) is 19.9 Å². The number of hydrogen-bond donors (Lipinski definition) is 0. The molecule has 1 aromatic rings. The second kappa shape index (κ2) is 8.46. The predicted octanol–water partition coefficient (Wildman–Crippen LogP) is 3.10. The standard InChI is InChI=1S/C19H30N2O3S.ClH/c1-14(2)13-24-17-5-6-18-15(11-17)7-9-21-10-8-16(12-19(18)21)20(3)25(4,22)23;/h5-6,11,14,16,19H,7-10,12-13H2,1-4H3;1H. The molecule has 7 heteroatoms. The Morgan fingerprint density at radius 3 is 2.69 bits per heavy atom. The molecule has 2 aliphatic heterocycles. The molecule has 0 saturated carbocycles. The maximum Gasteiger partial charge on any atom is 0.211 e. The molecule has 0 N–H and O–H groups in total. The zero-order valence-corrected chi connectivity index (χ0v) is 17.8. The minimum atomic E-state index is -3.15. The van der Waals surface area contributed by atoms with Crippen LogP contribution in [-0.4, -0.2) is 56.7 Å². The van der Waals surface area contributed by atoms with Crippen molar-refractivity contribution in [1.29, 1.82) is 0 Å². The maximum atomic E-state index is 11.9. The molecule has 26 heavy (non-hydrogen) atoms. The van der Waals surface area contributed by atoms with E-state index in [0.717, 1.165) is 44.7 Å². The Bertz CT molecular complexity index is 723. The lowest BCUT2D eigenvalue weighted by Crippen LogP contribution is -2.48. The topological polar surface area (TPSA) is 49.9 Å². The molecule has 1 aromatic carbocycles. The summed E-state index contributed by atoms with van der Waals surface area (Å²) < 4.78 is 31.2. The normalized spacial score (nSPS) is 23.3. The first-order valence-corrected chi connectivity index (χ1v) is 11.0. The van der Waals surface area contributed by atoms with Crippen molar-refractivity contribution in [2.45, 2.75) is 45.2 Å². The summed E-state index contributed by atoms with van der Waals surface area (Å²) in [5.41, 5.74) is 2.69. The van der Waals surface area contributed by atoms with E-state index in [1.165, 1.54) is 17.4 Å². The molecule has 0 spiro atoms. The molecule has 2 heterocycles. The summed E-state index contributed by atoms with van der Waals surface area (Å²) >= 11 is 0. The van der Waals surface area contributed by atoms with Crippen molar-refractivity contribution < 1.29 is 13.2 Å². The Balaban J connectivity index is 0.00000243. The fourth-order valence-corrected chi connectivity index (χ4v) is 4.66. The molecule has 0 bridgehead atoms. The van der Waals surface area contributed by atoms with Crippen LogP contribution in [0.1, 0.15) is 43.9 Å². The Hall–Kier alpha value is -0.820. The van der Waals surface area contributed by atoms with E-state index in [1.807, 2.05) is 0 Å². The van der Waals surface area contributed by atoms with Crippen molar-refractivity contribution in [1.82, 2.24) is 9.21 Å². The zero-order chi connectivity index (χ0) is 18.2. The van der Waals surface area contributed by atoms with Gasteiger partial charge in [-0.2, -0.15) is 0 Å². The minimum Gasteiger partial charge on any atom is -0.493 e. The van der Waals surface area contributed by atoms with Crippen molar-refractivity contribution in [3.8, 4) is 5.75 Å². The molecule has 0 radical (unpaired) electrons. The SMILES string of the molecule is CC(C)COc1ccc2c(c1)CCN1CCC(N(C)S(C)(=O)=O)CC21.Cl. The van der Waals surface area contributed by atoms with E-state index in [1.54, 1.807) is 11.4 Å². The lowest BCUT2D eigenvalue weighted by atomic mass is 9.85. The smallest absolute Gasteiger partial charge is 0.211 e. The van der Waals surface area contributed by atoms with Crippen LogP contribution in [0.5, 0.6) is 5.75 Å². The highest BCUT2D eigenvalue weighted by Crippen LogP contribution is 2.39. The van der Waals surface area contributed by atoms with Gasteiger partial charge in [0.25, 0.3) is 0 Å². The van der Waals surface area contributed by atoms with Crippen LogP contribution >= 0.6 is 12.4 Å². The Labute approximate surface area is 164 Å². The number of fused-ring (bicyclic) bond motifs is 3. The highest BCUT2D eigenvalue weighted by Gasteiger charge is 2.36. The number of hydrogen-bond acceptors (Lipinski definition) is 4. The van der Waals surface area contributed by atoms with Crippen molar-refractivity contribution in [2.75, 3.05) is 33.0 Å². The van der Waals surface area contributed by atoms with Crippen LogP contribution in [0.4, 0.5) is 0 Å². The van der Waals surface area contributed by atoms with E-state index in [4.69, 9.17) is 4.74 Å². The fourth-order valence-electron chi connectivity index (χ4n) is 3.93. The number of sulfonamides is 1. The number of benzene rings is 1. The molecule has 0 aromatic heterocycles. The summed E-state index contributed by atoms with van der Waals surface area (Å²) in [6.45, 7) is 7.03. The lowest BCUT2D eigenvalue weighted by Gasteiger charge is -2.45. The zero-order valence-electron chi connectivity index (χ0n) is 16.1. The van der Waals surface area contributed by atoms with Gasteiger partial charge in [-0.05, 0) is 48.4 Å². The quantitative estimate of drug-likeness (QED) is 0.759. The number of rotatable bonds is 5.